The predicted molar refractivity (Wildman–Crippen MR) is 73.1 cm³/mol. The zero-order chi connectivity index (χ0) is 13.2. The zero-order valence-corrected chi connectivity index (χ0v) is 10.9. The summed E-state index contributed by atoms with van der Waals surface area (Å²) in [6.45, 7) is 4.60. The van der Waals surface area contributed by atoms with E-state index < -0.39 is 0 Å². The highest BCUT2D eigenvalue weighted by Gasteiger charge is 2.06. The molecule has 0 aliphatic rings. The lowest BCUT2D eigenvalue weighted by Crippen LogP contribution is -2.27. The van der Waals surface area contributed by atoms with Gasteiger partial charge in [-0.25, -0.2) is 0 Å². The average molecular weight is 247 g/mol. The van der Waals surface area contributed by atoms with Crippen LogP contribution in [0.4, 0.5) is 0 Å². The van der Waals surface area contributed by atoms with Gasteiger partial charge in [0.05, 0.1) is 6.61 Å². The molecule has 2 N–H and O–H groups in total. The Morgan fingerprint density at radius 2 is 1.94 bits per heavy atom. The molecular weight excluding hydrogens is 226 g/mol. The highest BCUT2D eigenvalue weighted by Crippen LogP contribution is 2.11. The van der Waals surface area contributed by atoms with Crippen molar-refractivity contribution in [3.63, 3.8) is 0 Å². The topological polar surface area (TPSA) is 43.7 Å². The Balaban J connectivity index is 2.80. The van der Waals surface area contributed by atoms with Crippen LogP contribution in [-0.4, -0.2) is 41.4 Å². The van der Waals surface area contributed by atoms with Crippen LogP contribution in [0.3, 0.4) is 0 Å². The summed E-state index contributed by atoms with van der Waals surface area (Å²) < 4.78 is 0. The molecule has 0 unspecified atom stereocenters. The van der Waals surface area contributed by atoms with E-state index in [1.54, 1.807) is 0 Å². The van der Waals surface area contributed by atoms with E-state index in [2.05, 4.69) is 23.7 Å². The maximum atomic E-state index is 9.05. The van der Waals surface area contributed by atoms with Crippen LogP contribution in [0.25, 0.3) is 0 Å². The minimum Gasteiger partial charge on any atom is -0.395 e. The Bertz CT molecular complexity index is 400. The minimum atomic E-state index is -0.121. The molecule has 18 heavy (non-hydrogen) atoms. The second-order valence-corrected chi connectivity index (χ2v) is 4.12. The Morgan fingerprint density at radius 1 is 1.17 bits per heavy atom. The average Bonchev–Trinajstić information content (AvgIpc) is 2.38. The van der Waals surface area contributed by atoms with E-state index in [9.17, 15) is 0 Å². The molecule has 0 heterocycles. The molecule has 0 aromatic heterocycles. The SMILES string of the molecule is CCCN(CCO)Cc1ccccc1C#CCO. The monoisotopic (exact) mass is 247 g/mol. The van der Waals surface area contributed by atoms with E-state index in [0.717, 1.165) is 30.6 Å². The van der Waals surface area contributed by atoms with E-state index in [-0.39, 0.29) is 13.2 Å². The van der Waals surface area contributed by atoms with Gasteiger partial charge in [0.25, 0.3) is 0 Å². The highest BCUT2D eigenvalue weighted by molar-refractivity contribution is 5.41. The molecule has 0 saturated heterocycles. The smallest absolute Gasteiger partial charge is 0.104 e. The van der Waals surface area contributed by atoms with Crippen molar-refractivity contribution in [2.75, 3.05) is 26.3 Å². The Kier molecular flexibility index (Phi) is 7.12. The van der Waals surface area contributed by atoms with E-state index in [1.165, 1.54) is 0 Å². The van der Waals surface area contributed by atoms with E-state index in [1.807, 2.05) is 24.3 Å². The number of hydrogen-bond acceptors (Lipinski definition) is 3. The molecule has 0 aliphatic carbocycles. The summed E-state index contributed by atoms with van der Waals surface area (Å²) in [6, 6.07) is 7.94. The van der Waals surface area contributed by atoms with Crippen LogP contribution in [-0.2, 0) is 6.54 Å². The molecule has 0 saturated carbocycles. The van der Waals surface area contributed by atoms with Gasteiger partial charge in [-0.2, -0.15) is 0 Å². The van der Waals surface area contributed by atoms with Crippen molar-refractivity contribution in [1.82, 2.24) is 4.90 Å². The quantitative estimate of drug-likeness (QED) is 0.743. The van der Waals surface area contributed by atoms with Crippen molar-refractivity contribution in [2.45, 2.75) is 19.9 Å². The lowest BCUT2D eigenvalue weighted by Gasteiger charge is -2.21. The van der Waals surface area contributed by atoms with Gasteiger partial charge in [-0.3, -0.25) is 4.90 Å². The number of hydrogen-bond donors (Lipinski definition) is 2. The van der Waals surface area contributed by atoms with Gasteiger partial charge in [0.1, 0.15) is 6.61 Å². The largest absolute Gasteiger partial charge is 0.395 e. The first-order valence-electron chi connectivity index (χ1n) is 6.32. The van der Waals surface area contributed by atoms with Crippen LogP contribution in [0.5, 0.6) is 0 Å². The van der Waals surface area contributed by atoms with E-state index >= 15 is 0 Å². The molecule has 0 fully saturated rings. The third-order valence-electron chi connectivity index (χ3n) is 2.67. The Hall–Kier alpha value is -1.34. The summed E-state index contributed by atoms with van der Waals surface area (Å²) >= 11 is 0. The van der Waals surface area contributed by atoms with Crippen molar-refractivity contribution >= 4 is 0 Å². The van der Waals surface area contributed by atoms with Gasteiger partial charge in [-0.1, -0.05) is 37.0 Å². The van der Waals surface area contributed by atoms with Gasteiger partial charge >= 0.3 is 0 Å². The molecule has 0 amide bonds. The highest BCUT2D eigenvalue weighted by atomic mass is 16.3. The van der Waals surface area contributed by atoms with Crippen molar-refractivity contribution < 1.29 is 10.2 Å². The number of aliphatic hydroxyl groups is 2. The van der Waals surface area contributed by atoms with Crippen LogP contribution in [0.2, 0.25) is 0 Å². The third kappa shape index (κ3) is 4.89. The molecule has 0 aliphatic heterocycles. The maximum absolute atomic E-state index is 9.05. The van der Waals surface area contributed by atoms with Crippen molar-refractivity contribution in [2.24, 2.45) is 0 Å². The summed E-state index contributed by atoms with van der Waals surface area (Å²) in [5.41, 5.74) is 2.09. The fourth-order valence-electron chi connectivity index (χ4n) is 1.88. The second-order valence-electron chi connectivity index (χ2n) is 4.12. The summed E-state index contributed by atoms with van der Waals surface area (Å²) in [5, 5.41) is 17.8. The van der Waals surface area contributed by atoms with Crippen molar-refractivity contribution in [3.05, 3.63) is 35.4 Å². The van der Waals surface area contributed by atoms with Crippen LogP contribution in [0.15, 0.2) is 24.3 Å². The first-order chi connectivity index (χ1) is 8.81. The lowest BCUT2D eigenvalue weighted by atomic mass is 10.1. The molecule has 3 nitrogen and oxygen atoms in total. The van der Waals surface area contributed by atoms with E-state index in [4.69, 9.17) is 10.2 Å². The van der Waals surface area contributed by atoms with Crippen LogP contribution in [0.1, 0.15) is 24.5 Å². The molecule has 0 atom stereocenters. The fraction of sp³-hybridized carbons (Fsp3) is 0.467. The Morgan fingerprint density at radius 3 is 2.61 bits per heavy atom. The third-order valence-corrected chi connectivity index (χ3v) is 2.67. The van der Waals surface area contributed by atoms with Gasteiger partial charge in [0.2, 0.25) is 0 Å². The van der Waals surface area contributed by atoms with Gasteiger partial charge in [0, 0.05) is 18.7 Å². The van der Waals surface area contributed by atoms with Crippen molar-refractivity contribution in [3.8, 4) is 11.8 Å². The number of nitrogens with zero attached hydrogens (tertiary/aromatic N) is 1. The number of aliphatic hydroxyl groups excluding tert-OH is 2. The first-order valence-corrected chi connectivity index (χ1v) is 6.32. The molecule has 0 spiro atoms. The van der Waals surface area contributed by atoms with Gasteiger partial charge < -0.3 is 10.2 Å². The molecule has 1 rings (SSSR count). The summed E-state index contributed by atoms with van der Waals surface area (Å²) in [6.07, 6.45) is 1.06. The molecule has 0 bridgehead atoms. The molecule has 1 aromatic rings. The standard InChI is InChI=1S/C15H21NO2/c1-2-9-16(10-12-18)13-15-7-4-3-6-14(15)8-5-11-17/h3-4,6-7,17-18H,2,9-13H2,1H3. The fourth-order valence-corrected chi connectivity index (χ4v) is 1.88. The Labute approximate surface area is 109 Å². The minimum absolute atomic E-state index is 0.121. The lowest BCUT2D eigenvalue weighted by molar-refractivity contribution is 0.190. The number of rotatable bonds is 6. The van der Waals surface area contributed by atoms with Gasteiger partial charge in [0.15, 0.2) is 0 Å². The summed E-state index contributed by atoms with van der Waals surface area (Å²) in [4.78, 5) is 2.21. The summed E-state index contributed by atoms with van der Waals surface area (Å²) in [5.74, 6) is 5.64. The number of benzene rings is 1. The molecule has 98 valence electrons. The van der Waals surface area contributed by atoms with Crippen molar-refractivity contribution in [1.29, 1.82) is 0 Å². The normalized spacial score (nSPS) is 10.2. The van der Waals surface area contributed by atoms with Crippen LogP contribution in [0, 0.1) is 11.8 Å². The summed E-state index contributed by atoms with van der Waals surface area (Å²) in [7, 11) is 0. The van der Waals surface area contributed by atoms with Gasteiger partial charge in [-0.15, -0.1) is 0 Å². The molecule has 3 heteroatoms. The van der Waals surface area contributed by atoms with E-state index in [0.29, 0.717) is 6.54 Å². The van der Waals surface area contributed by atoms with Crippen LogP contribution < -0.4 is 0 Å². The molecular formula is C15H21NO2. The van der Waals surface area contributed by atoms with Gasteiger partial charge in [-0.05, 0) is 24.6 Å². The zero-order valence-electron chi connectivity index (χ0n) is 10.9. The molecule has 0 radical (unpaired) electrons. The molecule has 1 aromatic carbocycles. The predicted octanol–water partition coefficient (Wildman–Crippen LogP) is 1.23. The maximum Gasteiger partial charge on any atom is 0.104 e. The second kappa shape index (κ2) is 8.71. The first kappa shape index (κ1) is 14.7. The van der Waals surface area contributed by atoms with Crippen LogP contribution >= 0.6 is 0 Å².